The Kier molecular flexibility index (Phi) is 5.22. The molecule has 25 heavy (non-hydrogen) atoms. The van der Waals surface area contributed by atoms with E-state index in [1.54, 1.807) is 26.4 Å². The lowest BCUT2D eigenvalue weighted by atomic mass is 10.0. The number of fused-ring (bicyclic) bond motifs is 1. The summed E-state index contributed by atoms with van der Waals surface area (Å²) in [5, 5.41) is 2.99. The molecular weight excluding hydrogens is 321 g/mol. The zero-order chi connectivity index (χ0) is 17.8. The molecule has 0 bridgehead atoms. The summed E-state index contributed by atoms with van der Waals surface area (Å²) in [6, 6.07) is 10.0. The van der Waals surface area contributed by atoms with Crippen LogP contribution in [0.5, 0.6) is 11.5 Å². The molecule has 1 unspecified atom stereocenters. The molecule has 2 aromatic rings. The van der Waals surface area contributed by atoms with Gasteiger partial charge in [-0.05, 0) is 53.8 Å². The van der Waals surface area contributed by atoms with Crippen LogP contribution < -0.4 is 14.8 Å². The van der Waals surface area contributed by atoms with Crippen LogP contribution in [-0.2, 0) is 17.6 Å². The van der Waals surface area contributed by atoms with Crippen LogP contribution in [0.25, 0.3) is 0 Å². The van der Waals surface area contributed by atoms with E-state index in [1.165, 1.54) is 23.3 Å². The first-order valence-electron chi connectivity index (χ1n) is 8.36. The van der Waals surface area contributed by atoms with Gasteiger partial charge in [0.2, 0.25) is 5.91 Å². The number of amides is 1. The van der Waals surface area contributed by atoms with Crippen molar-refractivity contribution in [3.05, 3.63) is 58.9 Å². The van der Waals surface area contributed by atoms with Crippen LogP contribution in [0.15, 0.2) is 36.4 Å². The summed E-state index contributed by atoms with van der Waals surface area (Å²) in [6.07, 6.45) is 2.21. The van der Waals surface area contributed by atoms with Crippen LogP contribution in [-0.4, -0.2) is 26.7 Å². The van der Waals surface area contributed by atoms with Crippen LogP contribution in [0.2, 0.25) is 0 Å². The quantitative estimate of drug-likeness (QED) is 0.876. The van der Waals surface area contributed by atoms with E-state index in [-0.39, 0.29) is 24.1 Å². The number of nitrogens with one attached hydrogen (secondary N) is 1. The van der Waals surface area contributed by atoms with E-state index < -0.39 is 0 Å². The second kappa shape index (κ2) is 7.55. The molecule has 0 saturated heterocycles. The SMILES string of the molecule is COc1cc2c(cc1OC)C(CNC(=O)Cc1ccc(F)cc1)CC2. The summed E-state index contributed by atoms with van der Waals surface area (Å²) in [5.41, 5.74) is 3.26. The van der Waals surface area contributed by atoms with Crippen molar-refractivity contribution >= 4 is 5.91 Å². The van der Waals surface area contributed by atoms with Crippen LogP contribution in [0.3, 0.4) is 0 Å². The molecule has 132 valence electrons. The topological polar surface area (TPSA) is 47.6 Å². The highest BCUT2D eigenvalue weighted by Crippen LogP contribution is 2.40. The number of halogens is 1. The number of ether oxygens (including phenoxy) is 2. The molecule has 0 aliphatic heterocycles. The first-order chi connectivity index (χ1) is 12.1. The van der Waals surface area contributed by atoms with Crippen LogP contribution >= 0.6 is 0 Å². The smallest absolute Gasteiger partial charge is 0.224 e. The summed E-state index contributed by atoms with van der Waals surface area (Å²) in [4.78, 5) is 12.1. The molecule has 2 aromatic carbocycles. The predicted molar refractivity (Wildman–Crippen MR) is 93.7 cm³/mol. The molecule has 1 N–H and O–H groups in total. The molecule has 3 rings (SSSR count). The first kappa shape index (κ1) is 17.3. The second-order valence-electron chi connectivity index (χ2n) is 6.25. The number of rotatable bonds is 6. The van der Waals surface area contributed by atoms with Crippen molar-refractivity contribution in [2.75, 3.05) is 20.8 Å². The van der Waals surface area contributed by atoms with Crippen molar-refractivity contribution in [3.63, 3.8) is 0 Å². The minimum absolute atomic E-state index is 0.0551. The third-order valence-electron chi connectivity index (χ3n) is 4.67. The first-order valence-corrected chi connectivity index (χ1v) is 8.36. The van der Waals surface area contributed by atoms with Gasteiger partial charge in [0.15, 0.2) is 11.5 Å². The largest absolute Gasteiger partial charge is 0.493 e. The fourth-order valence-electron chi connectivity index (χ4n) is 3.32. The Labute approximate surface area is 147 Å². The van der Waals surface area contributed by atoms with E-state index in [1.807, 2.05) is 12.1 Å². The Balaban J connectivity index is 1.62. The van der Waals surface area contributed by atoms with Gasteiger partial charge in [-0.3, -0.25) is 4.79 Å². The summed E-state index contributed by atoms with van der Waals surface area (Å²) >= 11 is 0. The zero-order valence-corrected chi connectivity index (χ0v) is 14.5. The van der Waals surface area contributed by atoms with Crippen molar-refractivity contribution in [2.45, 2.75) is 25.2 Å². The van der Waals surface area contributed by atoms with E-state index in [4.69, 9.17) is 9.47 Å². The van der Waals surface area contributed by atoms with Gasteiger partial charge in [-0.25, -0.2) is 4.39 Å². The highest BCUT2D eigenvalue weighted by molar-refractivity contribution is 5.78. The van der Waals surface area contributed by atoms with Crippen molar-refractivity contribution in [3.8, 4) is 11.5 Å². The lowest BCUT2D eigenvalue weighted by Gasteiger charge is -2.15. The Morgan fingerprint density at radius 3 is 2.52 bits per heavy atom. The van der Waals surface area contributed by atoms with Gasteiger partial charge in [0.25, 0.3) is 0 Å². The van der Waals surface area contributed by atoms with Gasteiger partial charge in [0, 0.05) is 12.5 Å². The summed E-state index contributed by atoms with van der Waals surface area (Å²) in [6.45, 7) is 0.586. The highest BCUT2D eigenvalue weighted by atomic mass is 19.1. The number of carbonyl (C=O) groups is 1. The van der Waals surface area contributed by atoms with E-state index in [2.05, 4.69) is 5.32 Å². The maximum Gasteiger partial charge on any atom is 0.224 e. The van der Waals surface area contributed by atoms with Crippen molar-refractivity contribution in [1.82, 2.24) is 5.32 Å². The van der Waals surface area contributed by atoms with Gasteiger partial charge in [-0.2, -0.15) is 0 Å². The van der Waals surface area contributed by atoms with Crippen LogP contribution in [0.4, 0.5) is 4.39 Å². The van der Waals surface area contributed by atoms with Gasteiger partial charge < -0.3 is 14.8 Å². The Hall–Kier alpha value is -2.56. The van der Waals surface area contributed by atoms with Crippen molar-refractivity contribution in [2.24, 2.45) is 0 Å². The molecule has 0 fully saturated rings. The molecule has 0 heterocycles. The average Bonchev–Trinajstić information content (AvgIpc) is 3.02. The Bertz CT molecular complexity index is 758. The summed E-state index contributed by atoms with van der Waals surface area (Å²) in [5.74, 6) is 1.37. The average molecular weight is 343 g/mol. The fraction of sp³-hybridized carbons (Fsp3) is 0.350. The van der Waals surface area contributed by atoms with Gasteiger partial charge in [0.1, 0.15) is 5.82 Å². The molecule has 1 aliphatic rings. The third-order valence-corrected chi connectivity index (χ3v) is 4.67. The fourth-order valence-corrected chi connectivity index (χ4v) is 3.32. The number of hydrogen-bond acceptors (Lipinski definition) is 3. The predicted octanol–water partition coefficient (Wildman–Crippen LogP) is 3.23. The van der Waals surface area contributed by atoms with Gasteiger partial charge in [0.05, 0.1) is 20.6 Å². The Morgan fingerprint density at radius 1 is 1.16 bits per heavy atom. The normalized spacial score (nSPS) is 15.6. The lowest BCUT2D eigenvalue weighted by molar-refractivity contribution is -0.120. The molecular formula is C20H22FNO3. The van der Waals surface area contributed by atoms with E-state index in [9.17, 15) is 9.18 Å². The standard InChI is InChI=1S/C20H22FNO3/c1-24-18-10-14-5-6-15(17(14)11-19(18)25-2)12-22-20(23)9-13-3-7-16(21)8-4-13/h3-4,7-8,10-11,15H,5-6,9,12H2,1-2H3,(H,22,23). The van der Waals surface area contributed by atoms with Gasteiger partial charge >= 0.3 is 0 Å². The molecule has 0 aromatic heterocycles. The molecule has 0 saturated carbocycles. The lowest BCUT2D eigenvalue weighted by Crippen LogP contribution is -2.29. The van der Waals surface area contributed by atoms with Gasteiger partial charge in [-0.15, -0.1) is 0 Å². The minimum Gasteiger partial charge on any atom is -0.493 e. The summed E-state index contributed by atoms with van der Waals surface area (Å²) < 4.78 is 23.6. The highest BCUT2D eigenvalue weighted by Gasteiger charge is 2.25. The number of carbonyl (C=O) groups excluding carboxylic acids is 1. The van der Waals surface area contributed by atoms with E-state index in [0.29, 0.717) is 12.3 Å². The number of aryl methyl sites for hydroxylation is 1. The van der Waals surface area contributed by atoms with Crippen molar-refractivity contribution in [1.29, 1.82) is 0 Å². The molecule has 4 nitrogen and oxygen atoms in total. The minimum atomic E-state index is -0.295. The number of benzene rings is 2. The molecule has 1 aliphatic carbocycles. The summed E-state index contributed by atoms with van der Waals surface area (Å²) in [7, 11) is 3.25. The van der Waals surface area contributed by atoms with Crippen LogP contribution in [0.1, 0.15) is 29.0 Å². The van der Waals surface area contributed by atoms with Crippen LogP contribution in [0, 0.1) is 5.82 Å². The molecule has 1 amide bonds. The Morgan fingerprint density at radius 2 is 1.84 bits per heavy atom. The monoisotopic (exact) mass is 343 g/mol. The molecule has 0 radical (unpaired) electrons. The second-order valence-corrected chi connectivity index (χ2v) is 6.25. The third kappa shape index (κ3) is 3.92. The molecule has 1 atom stereocenters. The number of methoxy groups -OCH3 is 2. The van der Waals surface area contributed by atoms with E-state index >= 15 is 0 Å². The number of hydrogen-bond donors (Lipinski definition) is 1. The molecule has 0 spiro atoms. The maximum absolute atomic E-state index is 12.9. The van der Waals surface area contributed by atoms with E-state index in [0.717, 1.165) is 24.2 Å². The maximum atomic E-state index is 12.9. The van der Waals surface area contributed by atoms with Crippen molar-refractivity contribution < 1.29 is 18.7 Å². The van der Waals surface area contributed by atoms with Gasteiger partial charge in [-0.1, -0.05) is 12.1 Å². The molecule has 5 heteroatoms. The zero-order valence-electron chi connectivity index (χ0n) is 14.5.